The molecule has 0 aliphatic rings. The van der Waals surface area contributed by atoms with E-state index in [2.05, 4.69) is 401 Å². The van der Waals surface area contributed by atoms with Gasteiger partial charge in [0, 0.05) is 62.6 Å². The molecule has 0 radical (unpaired) electrons. The summed E-state index contributed by atoms with van der Waals surface area (Å²) < 4.78 is 19.9. The Labute approximate surface area is 885 Å². The molecule has 18 heteroatoms. The van der Waals surface area contributed by atoms with Crippen LogP contribution in [0.2, 0.25) is 0 Å². The predicted molar refractivity (Wildman–Crippen MR) is 573 cm³/mol. The van der Waals surface area contributed by atoms with Gasteiger partial charge in [0.15, 0.2) is 10.3 Å². The summed E-state index contributed by atoms with van der Waals surface area (Å²) in [6.07, 6.45) is 10.6. The molecule has 0 aliphatic heterocycles. The second kappa shape index (κ2) is 45.9. The smallest absolute Gasteiger partial charge is 0.497 e. The molecular weight excluding hydrogens is 2320 g/mol. The van der Waals surface area contributed by atoms with Crippen LogP contribution in [0.1, 0.15) is 157 Å². The average molecular weight is 2440 g/mol. The second-order valence-corrected chi connectivity index (χ2v) is 39.7. The van der Waals surface area contributed by atoms with E-state index in [4.69, 9.17) is 34.6 Å². The zero-order valence-corrected chi connectivity index (χ0v) is 91.7. The van der Waals surface area contributed by atoms with Crippen LogP contribution in [-0.4, -0.2) is 57.3 Å². The van der Waals surface area contributed by atoms with E-state index >= 15 is 0 Å². The average Bonchev–Trinajstić information content (AvgIpc) is 2.43. The van der Waals surface area contributed by atoms with Gasteiger partial charge in [-0.1, -0.05) is 237 Å². The number of para-hydroxylation sites is 5. The molecule has 0 aliphatic carbocycles. The third-order valence-corrected chi connectivity index (χ3v) is 28.6. The van der Waals surface area contributed by atoms with Gasteiger partial charge in [-0.15, -0.1) is 191 Å². The van der Waals surface area contributed by atoms with Gasteiger partial charge in [-0.25, -0.2) is 0 Å². The first-order chi connectivity index (χ1) is 67.4. The molecular formula is C124H113N12OPPt3S. The molecule has 0 bridgehead atoms. The number of ether oxygens (including phenoxy) is 1. The molecule has 0 unspecified atom stereocenters. The van der Waals surface area contributed by atoms with Crippen LogP contribution in [0.3, 0.4) is 0 Å². The fraction of sp³-hybridized carbons (Fsp3) is 0.177. The van der Waals surface area contributed by atoms with Crippen molar-refractivity contribution in [3.63, 3.8) is 0 Å². The molecule has 6 heterocycles. The molecule has 0 saturated heterocycles. The van der Waals surface area contributed by atoms with E-state index < -0.39 is 7.92 Å². The minimum absolute atomic E-state index is 0. The Balaban J connectivity index is 0.000000159. The standard InChI is InChI=1S/C42H36N4O.C42H44N4S.C40H33N4P.3Pt/c1-27-22-28(2)42(29(3)23-27)46-31(5)41(44-32(46)6)35-17-13-19-37(25-35)47-36-18-12-16-34(24-36)40-30(4)45(26-43-40)39-21-11-10-20-38(39)33-14-8-7-9-15-33;1-27(2)33-21-15-22-34(28(3)4)39(33)45-25-37(31-17-11-9-12-18-31)43-41(45)47-42-44-38(32-19-13-10-14-20-32)26-46(42)40-35(29(5)6)23-16-24-36(40)30(7)8;1-28-16-14-17-29(2)37(28)43-26-35(32-20-8-5-9-21-32)41-39(43)45(34-24-12-7-13-25-34)40-42-36(33-22-10-6-11-23-33)27-44(40)38-30(3)18-15-19-31(38)4;;;/h7-23,26H,1-6H3;9-17,19,21-30H,1-8H3;5-20,22,24-27H,1-4H3;;;/q3*-2;3*+2. The van der Waals surface area contributed by atoms with Gasteiger partial charge in [-0.05, 0) is 202 Å². The molecule has 716 valence electrons. The zero-order chi connectivity index (χ0) is 96.8. The molecule has 0 atom stereocenters. The first-order valence-electron chi connectivity index (χ1n) is 47.7. The van der Waals surface area contributed by atoms with Gasteiger partial charge in [0.2, 0.25) is 0 Å². The summed E-state index contributed by atoms with van der Waals surface area (Å²) in [6.45, 7) is 39.6. The van der Waals surface area contributed by atoms with E-state index in [0.717, 1.165) is 134 Å². The fourth-order valence-electron chi connectivity index (χ4n) is 18.9. The van der Waals surface area contributed by atoms with Crippen LogP contribution in [0.5, 0.6) is 11.5 Å². The van der Waals surface area contributed by atoms with Crippen molar-refractivity contribution in [2.75, 3.05) is 0 Å². The third kappa shape index (κ3) is 22.0. The van der Waals surface area contributed by atoms with Crippen LogP contribution in [0.25, 0.3) is 113 Å². The molecule has 6 aromatic heterocycles. The van der Waals surface area contributed by atoms with E-state index in [9.17, 15) is 0 Å². The van der Waals surface area contributed by atoms with Gasteiger partial charge in [-0.2, -0.15) is 0 Å². The Morgan fingerprint density at radius 1 is 0.317 bits per heavy atom. The van der Waals surface area contributed by atoms with Crippen molar-refractivity contribution in [3.05, 3.63) is 449 Å². The van der Waals surface area contributed by atoms with Crippen molar-refractivity contribution in [1.82, 2.24) is 57.3 Å². The Morgan fingerprint density at radius 2 is 0.683 bits per heavy atom. The molecule has 13 nitrogen and oxygen atoms in total. The number of hydrogen-bond donors (Lipinski definition) is 0. The van der Waals surface area contributed by atoms with Crippen molar-refractivity contribution in [2.45, 2.75) is 159 Å². The Hall–Kier alpha value is -13.0. The van der Waals surface area contributed by atoms with Crippen LogP contribution < -0.4 is 21.2 Å². The summed E-state index contributed by atoms with van der Waals surface area (Å²) in [7, 11) is -1.25. The van der Waals surface area contributed by atoms with Gasteiger partial charge in [0.25, 0.3) is 0 Å². The molecule has 0 saturated carbocycles. The number of aromatic nitrogens is 12. The summed E-state index contributed by atoms with van der Waals surface area (Å²) in [5.74, 6) is 3.49. The fourth-order valence-corrected chi connectivity index (χ4v) is 22.1. The third-order valence-electron chi connectivity index (χ3n) is 25.4. The van der Waals surface area contributed by atoms with E-state index in [-0.39, 0.29) is 63.2 Å². The van der Waals surface area contributed by atoms with Crippen LogP contribution in [0.4, 0.5) is 0 Å². The zero-order valence-electron chi connectivity index (χ0n) is 83.1. The number of hydrogen-bond acceptors (Lipinski definition) is 8. The molecule has 14 aromatic carbocycles. The summed E-state index contributed by atoms with van der Waals surface area (Å²) >= 11 is 1.62. The van der Waals surface area contributed by atoms with Crippen LogP contribution >= 0.6 is 19.7 Å². The quantitative estimate of drug-likeness (QED) is 0.0434. The Bertz CT molecular complexity index is 7380. The molecule has 0 fully saturated rings. The van der Waals surface area contributed by atoms with Crippen molar-refractivity contribution < 1.29 is 67.9 Å². The van der Waals surface area contributed by atoms with Crippen LogP contribution in [0.15, 0.2) is 345 Å². The van der Waals surface area contributed by atoms with E-state index in [1.807, 2.05) is 122 Å². The van der Waals surface area contributed by atoms with Crippen LogP contribution in [-0.2, 0) is 63.2 Å². The maximum absolute atomic E-state index is 6.34. The molecule has 142 heavy (non-hydrogen) atoms. The monoisotopic (exact) mass is 2430 g/mol. The van der Waals surface area contributed by atoms with Crippen molar-refractivity contribution in [2.24, 2.45) is 0 Å². The largest absolute Gasteiger partial charge is 2.00 e. The van der Waals surface area contributed by atoms with Gasteiger partial charge >= 0.3 is 63.2 Å². The van der Waals surface area contributed by atoms with Crippen molar-refractivity contribution in [1.29, 1.82) is 0 Å². The number of imidazole rings is 6. The van der Waals surface area contributed by atoms with E-state index in [1.165, 1.54) is 83.6 Å². The van der Waals surface area contributed by atoms with Gasteiger partial charge in [-0.3, -0.25) is 29.9 Å². The van der Waals surface area contributed by atoms with Gasteiger partial charge < -0.3 is 32.1 Å². The SMILES string of the molecule is CC(C)c1cccc(C(C)C)c1-n1cc(-c2[c-]cccc2)nc1Sc1nc(-c2[c-]cccc2)cn1-c1c(C(C)C)cccc1C(C)C.Cc1cc(C)c(-n2c(C)nc(-c3[c-]c(Oc4[c-]c(-c5ncn(-c6ccccc6-c6ccccc6)c5C)ccc4)ccc3)c2C)c(C)c1.Cc1cccc(C)c1-n1cc(-c2[c-]cccc2)nc1P(c1ccccc1)c1nc(-c2[c-]cccc2)cn1-c1c(C)cccc1C.[Pt+2].[Pt+2].[Pt+2]. The van der Waals surface area contributed by atoms with Crippen molar-refractivity contribution >= 4 is 36.1 Å². The van der Waals surface area contributed by atoms with Gasteiger partial charge in [0.05, 0.1) is 54.2 Å². The number of nitrogens with zero attached hydrogens (tertiary/aromatic N) is 12. The molecule has 20 aromatic rings. The van der Waals surface area contributed by atoms with E-state index in [1.54, 1.807) is 11.8 Å². The maximum atomic E-state index is 6.34. The first kappa shape index (κ1) is 103. The first-order valence-corrected chi connectivity index (χ1v) is 49.8. The number of aryl methyl sites for hydroxylation is 8. The molecule has 0 amide bonds. The molecule has 20 rings (SSSR count). The second-order valence-electron chi connectivity index (χ2n) is 36.8. The maximum Gasteiger partial charge on any atom is 2.00 e. The number of benzene rings is 14. The summed E-state index contributed by atoms with van der Waals surface area (Å²) in [6, 6.07) is 125. The Kier molecular flexibility index (Phi) is 33.4. The van der Waals surface area contributed by atoms with Crippen molar-refractivity contribution in [3.8, 4) is 124 Å². The molecule has 0 spiro atoms. The minimum Gasteiger partial charge on any atom is -0.497 e. The summed E-state index contributed by atoms with van der Waals surface area (Å²) in [5.41, 5.74) is 37.9. The summed E-state index contributed by atoms with van der Waals surface area (Å²) in [5, 5.41) is 2.92. The van der Waals surface area contributed by atoms with Crippen LogP contribution in [0, 0.1) is 106 Å². The minimum atomic E-state index is -1.25. The predicted octanol–water partition coefficient (Wildman–Crippen LogP) is 29.9. The summed E-state index contributed by atoms with van der Waals surface area (Å²) in [4.78, 5) is 31.3. The Morgan fingerprint density at radius 3 is 1.10 bits per heavy atom. The normalized spacial score (nSPS) is 11.2. The van der Waals surface area contributed by atoms with E-state index in [0.29, 0.717) is 35.2 Å². The topological polar surface area (TPSA) is 116 Å². The number of rotatable bonds is 24. The molecule has 0 N–H and O–H groups in total. The van der Waals surface area contributed by atoms with Gasteiger partial charge in [0.1, 0.15) is 11.1 Å².